The Morgan fingerprint density at radius 2 is 0.873 bits per heavy atom. The summed E-state index contributed by atoms with van der Waals surface area (Å²) in [6, 6.07) is 0. The van der Waals surface area contributed by atoms with Crippen LogP contribution in [0.25, 0.3) is 0 Å². The summed E-state index contributed by atoms with van der Waals surface area (Å²) >= 11 is 0. The molecule has 0 aliphatic carbocycles. The van der Waals surface area contributed by atoms with Crippen molar-refractivity contribution in [3.63, 3.8) is 0 Å². The van der Waals surface area contributed by atoms with Crippen molar-refractivity contribution in [2.45, 2.75) is 187 Å². The van der Waals surface area contributed by atoms with Crippen molar-refractivity contribution in [3.05, 3.63) is 97.2 Å². The van der Waals surface area contributed by atoms with E-state index in [9.17, 15) is 14.3 Å². The van der Waals surface area contributed by atoms with Gasteiger partial charge >= 0.3 is 13.8 Å². The average Bonchev–Trinajstić information content (AvgIpc) is 3.24. The minimum atomic E-state index is -4.29. The summed E-state index contributed by atoms with van der Waals surface area (Å²) in [6.07, 6.45) is 63.1. The molecule has 0 aliphatic heterocycles. The van der Waals surface area contributed by atoms with Crippen molar-refractivity contribution in [2.24, 2.45) is 0 Å². The topological polar surface area (TPSA) is 91.3 Å². The van der Waals surface area contributed by atoms with Gasteiger partial charge < -0.3 is 18.9 Å². The molecule has 63 heavy (non-hydrogen) atoms. The van der Waals surface area contributed by atoms with Gasteiger partial charge in [0.25, 0.3) is 0 Å². The predicted octanol–water partition coefficient (Wildman–Crippen LogP) is 15.4. The Morgan fingerprint density at radius 1 is 0.492 bits per heavy atom. The molecule has 2 atom stereocenters. The van der Waals surface area contributed by atoms with Crippen LogP contribution in [0.15, 0.2) is 97.2 Å². The molecule has 0 saturated carbocycles. The van der Waals surface area contributed by atoms with Crippen molar-refractivity contribution in [2.75, 3.05) is 54.1 Å². The number of likely N-dealkylation sites (N-methyl/N-ethyl adjacent to an activating group) is 1. The number of hydrogen-bond donors (Lipinski definition) is 1. The van der Waals surface area contributed by atoms with Crippen LogP contribution in [-0.2, 0) is 27.9 Å². The van der Waals surface area contributed by atoms with Gasteiger partial charge in [-0.05, 0) is 89.9 Å². The summed E-state index contributed by atoms with van der Waals surface area (Å²) in [6.45, 7) is 5.33. The number of rotatable bonds is 45. The normalized spacial score (nSPS) is 14.4. The highest BCUT2D eigenvalue weighted by molar-refractivity contribution is 7.47. The molecule has 0 aromatic heterocycles. The predicted molar refractivity (Wildman–Crippen MR) is 270 cm³/mol. The quantitative estimate of drug-likeness (QED) is 0.0214. The number of unbranched alkanes of at least 4 members (excludes halogenated alkanes) is 15. The molecule has 9 heteroatoms. The number of carbonyl (C=O) groups is 1. The van der Waals surface area contributed by atoms with Crippen LogP contribution in [0.1, 0.15) is 181 Å². The summed E-state index contributed by atoms with van der Waals surface area (Å²) < 4.78 is 35.1. The average molecular weight is 901 g/mol. The summed E-state index contributed by atoms with van der Waals surface area (Å²) in [4.78, 5) is 23.0. The molecular weight excluding hydrogens is 806 g/mol. The van der Waals surface area contributed by atoms with Crippen molar-refractivity contribution in [1.29, 1.82) is 0 Å². The zero-order chi connectivity index (χ0) is 46.2. The van der Waals surface area contributed by atoms with Gasteiger partial charge in [0.1, 0.15) is 19.3 Å². The van der Waals surface area contributed by atoms with E-state index in [2.05, 4.69) is 111 Å². The van der Waals surface area contributed by atoms with Gasteiger partial charge in [-0.25, -0.2) is 4.57 Å². The van der Waals surface area contributed by atoms with Crippen LogP contribution in [0.4, 0.5) is 0 Å². The van der Waals surface area contributed by atoms with Gasteiger partial charge in [-0.15, -0.1) is 0 Å². The zero-order valence-corrected chi connectivity index (χ0v) is 41.9. The molecule has 0 saturated heterocycles. The van der Waals surface area contributed by atoms with Gasteiger partial charge in [-0.3, -0.25) is 13.8 Å². The second-order valence-electron chi connectivity index (χ2n) is 17.4. The summed E-state index contributed by atoms with van der Waals surface area (Å²) in [7, 11) is 1.64. The number of phosphoric ester groups is 1. The molecule has 2 unspecified atom stereocenters. The first-order valence-electron chi connectivity index (χ1n) is 25.0. The first-order valence-corrected chi connectivity index (χ1v) is 26.5. The van der Waals surface area contributed by atoms with E-state index >= 15 is 0 Å². The molecule has 0 bridgehead atoms. The number of nitrogens with zero attached hydrogens (tertiary/aromatic N) is 1. The summed E-state index contributed by atoms with van der Waals surface area (Å²) in [5, 5.41) is 0. The molecule has 362 valence electrons. The highest BCUT2D eigenvalue weighted by Crippen LogP contribution is 2.43. The van der Waals surface area contributed by atoms with E-state index in [1.165, 1.54) is 64.2 Å². The zero-order valence-electron chi connectivity index (χ0n) is 41.0. The second-order valence-corrected chi connectivity index (χ2v) is 18.9. The molecule has 1 N–H and O–H groups in total. The van der Waals surface area contributed by atoms with E-state index in [1.54, 1.807) is 0 Å². The molecule has 0 amide bonds. The number of quaternary nitrogens is 1. The van der Waals surface area contributed by atoms with Crippen molar-refractivity contribution in [1.82, 2.24) is 0 Å². The van der Waals surface area contributed by atoms with Crippen LogP contribution in [-0.4, -0.2) is 75.6 Å². The summed E-state index contributed by atoms with van der Waals surface area (Å²) in [5.74, 6) is -0.329. The monoisotopic (exact) mass is 901 g/mol. The molecule has 0 heterocycles. The molecule has 8 nitrogen and oxygen atoms in total. The largest absolute Gasteiger partial charge is 0.472 e. The van der Waals surface area contributed by atoms with E-state index in [0.717, 1.165) is 96.3 Å². The third-order valence-electron chi connectivity index (χ3n) is 10.1. The highest BCUT2D eigenvalue weighted by Gasteiger charge is 2.26. The minimum Gasteiger partial charge on any atom is -0.457 e. The Bertz CT molecular complexity index is 1320. The SMILES string of the molecule is CC/C=C\C/C=C\C/C=C\C/C=C\CCCCCCCCCCCCC(=O)OC(COCCCCCCC/C=C\C/C=C\C/C=C\C/C=C\CC)COP(=O)(O)OCC[N+](C)(C)C. The Hall–Kier alpha value is -2.58. The number of esters is 1. The third kappa shape index (κ3) is 50.3. The molecule has 0 radical (unpaired) electrons. The number of hydrogen-bond acceptors (Lipinski definition) is 6. The smallest absolute Gasteiger partial charge is 0.457 e. The number of allylic oxidation sites excluding steroid dienone is 16. The van der Waals surface area contributed by atoms with Crippen LogP contribution in [0.2, 0.25) is 0 Å². The maximum atomic E-state index is 12.8. The first-order chi connectivity index (χ1) is 30.6. The van der Waals surface area contributed by atoms with Crippen LogP contribution in [0.5, 0.6) is 0 Å². The Labute approximate surface area is 387 Å². The van der Waals surface area contributed by atoms with Gasteiger partial charge in [0, 0.05) is 13.0 Å². The molecular formula is C54H95NO7P+. The second kappa shape index (κ2) is 46.0. The first kappa shape index (κ1) is 60.4. The number of phosphoric acid groups is 1. The van der Waals surface area contributed by atoms with Gasteiger partial charge in [0.15, 0.2) is 0 Å². The van der Waals surface area contributed by atoms with Crippen LogP contribution in [0.3, 0.4) is 0 Å². The van der Waals surface area contributed by atoms with Crippen LogP contribution < -0.4 is 0 Å². The number of ether oxygens (including phenoxy) is 2. The van der Waals surface area contributed by atoms with Gasteiger partial charge in [0.2, 0.25) is 0 Å². The van der Waals surface area contributed by atoms with Gasteiger partial charge in [-0.2, -0.15) is 0 Å². The lowest BCUT2D eigenvalue weighted by Gasteiger charge is -2.24. The maximum Gasteiger partial charge on any atom is 0.472 e. The Morgan fingerprint density at radius 3 is 1.30 bits per heavy atom. The van der Waals surface area contributed by atoms with E-state index in [-0.39, 0.29) is 25.8 Å². The minimum absolute atomic E-state index is 0.0783. The fraction of sp³-hybridized carbons (Fsp3) is 0.685. The lowest BCUT2D eigenvalue weighted by atomic mass is 10.0. The molecule has 0 fully saturated rings. The molecule has 0 spiro atoms. The highest BCUT2D eigenvalue weighted by atomic mass is 31.2. The van der Waals surface area contributed by atoms with E-state index < -0.39 is 13.9 Å². The van der Waals surface area contributed by atoms with Crippen LogP contribution >= 0.6 is 7.82 Å². The maximum absolute atomic E-state index is 12.8. The standard InChI is InChI=1S/C54H94NO7P/c1-6-8-10-12-14-16-18-20-22-24-26-27-28-29-30-31-33-35-37-39-41-43-45-47-54(56)62-53(52-61-63(57,58)60-50-48-55(3,4)5)51-59-49-46-44-42-40-38-36-34-32-25-23-21-19-17-15-13-11-9-7-2/h8-11,14-17,20-23,26-27,32,34,53H,6-7,12-13,18-19,24-25,28-31,33,35-52H2,1-5H3/p+1/b10-8-,11-9-,16-14-,17-15-,22-20-,23-21-,27-26-,34-32-. The fourth-order valence-electron chi connectivity index (χ4n) is 6.36. The van der Waals surface area contributed by atoms with Gasteiger partial charge in [-0.1, -0.05) is 182 Å². The Kier molecular flexibility index (Phi) is 44.1. The van der Waals surface area contributed by atoms with Crippen LogP contribution in [0, 0.1) is 0 Å². The third-order valence-corrected chi connectivity index (χ3v) is 11.1. The molecule has 0 aliphatic rings. The molecule has 0 aromatic carbocycles. The number of carbonyl (C=O) groups excluding carboxylic acids is 1. The lowest BCUT2D eigenvalue weighted by Crippen LogP contribution is -2.37. The summed E-state index contributed by atoms with van der Waals surface area (Å²) in [5.41, 5.74) is 0. The van der Waals surface area contributed by atoms with E-state index in [4.69, 9.17) is 18.5 Å². The molecule has 0 aromatic rings. The van der Waals surface area contributed by atoms with Crippen molar-refractivity contribution >= 4 is 13.8 Å². The van der Waals surface area contributed by atoms with Gasteiger partial charge in [0.05, 0.1) is 34.4 Å². The van der Waals surface area contributed by atoms with Crippen molar-refractivity contribution < 1.29 is 37.3 Å². The lowest BCUT2D eigenvalue weighted by molar-refractivity contribution is -0.870. The van der Waals surface area contributed by atoms with E-state index in [0.29, 0.717) is 24.1 Å². The van der Waals surface area contributed by atoms with Crippen molar-refractivity contribution in [3.8, 4) is 0 Å². The van der Waals surface area contributed by atoms with E-state index in [1.807, 2.05) is 21.1 Å². The molecule has 0 rings (SSSR count). The fourth-order valence-corrected chi connectivity index (χ4v) is 7.10. The Balaban J connectivity index is 4.21.